The molecule has 0 aromatic carbocycles. The minimum Gasteiger partial charge on any atom is -0.463 e. The Labute approximate surface area is 123 Å². The molecule has 1 N–H and O–H groups in total. The van der Waals surface area contributed by atoms with Crippen LogP contribution in [0.3, 0.4) is 0 Å². The molecule has 2 aromatic rings. The highest BCUT2D eigenvalue weighted by Gasteiger charge is 2.25. The number of nitrogens with one attached hydrogen (secondary N) is 1. The molecule has 6 heteroatoms. The van der Waals surface area contributed by atoms with Crippen LogP contribution in [0.5, 0.6) is 0 Å². The van der Waals surface area contributed by atoms with Crippen molar-refractivity contribution in [2.24, 2.45) is 0 Å². The number of hydrogen-bond donors (Lipinski definition) is 1. The first kappa shape index (κ1) is 13.9. The van der Waals surface area contributed by atoms with Gasteiger partial charge >= 0.3 is 0 Å². The van der Waals surface area contributed by atoms with Gasteiger partial charge < -0.3 is 9.32 Å². The Hall–Kier alpha value is -2.08. The van der Waals surface area contributed by atoms with Crippen LogP contribution in [0, 0.1) is 0 Å². The van der Waals surface area contributed by atoms with E-state index in [0.717, 1.165) is 31.9 Å². The first-order chi connectivity index (χ1) is 10.1. The van der Waals surface area contributed by atoms with Crippen molar-refractivity contribution < 1.29 is 9.21 Å². The Morgan fingerprint density at radius 2 is 2.10 bits per heavy atom. The van der Waals surface area contributed by atoms with Crippen LogP contribution in [0.25, 0.3) is 11.5 Å². The summed E-state index contributed by atoms with van der Waals surface area (Å²) in [5.41, 5.74) is 1.17. The molecule has 2 aromatic heterocycles. The maximum atomic E-state index is 12.5. The summed E-state index contributed by atoms with van der Waals surface area (Å²) in [7, 11) is 0. The molecule has 1 aliphatic heterocycles. The number of hydrogen-bond acceptors (Lipinski definition) is 4. The van der Waals surface area contributed by atoms with Crippen LogP contribution in [0.2, 0.25) is 0 Å². The predicted octanol–water partition coefficient (Wildman–Crippen LogP) is 1.84. The molecular weight excluding hydrogens is 268 g/mol. The smallest absolute Gasteiger partial charge is 0.274 e. The molecule has 0 spiro atoms. The predicted molar refractivity (Wildman–Crippen MR) is 78.9 cm³/mol. The van der Waals surface area contributed by atoms with E-state index >= 15 is 0 Å². The zero-order valence-corrected chi connectivity index (χ0v) is 12.4. The van der Waals surface area contributed by atoms with Crippen molar-refractivity contribution in [1.29, 1.82) is 0 Å². The normalized spacial score (nSPS) is 16.6. The summed E-state index contributed by atoms with van der Waals surface area (Å²) in [4.78, 5) is 16.7. The Balaban J connectivity index is 1.66. The van der Waals surface area contributed by atoms with Crippen molar-refractivity contribution in [2.45, 2.75) is 19.9 Å². The molecule has 0 radical (unpaired) electrons. The van der Waals surface area contributed by atoms with Crippen LogP contribution in [0.15, 0.2) is 28.9 Å². The Morgan fingerprint density at radius 3 is 2.71 bits per heavy atom. The molecule has 1 fully saturated rings. The highest BCUT2D eigenvalue weighted by Crippen LogP contribution is 2.19. The molecule has 0 atom stereocenters. The van der Waals surface area contributed by atoms with Gasteiger partial charge in [0.1, 0.15) is 5.69 Å². The van der Waals surface area contributed by atoms with Crippen molar-refractivity contribution >= 4 is 5.91 Å². The molecule has 3 rings (SSSR count). The van der Waals surface area contributed by atoms with Crippen LogP contribution >= 0.6 is 0 Å². The largest absolute Gasteiger partial charge is 0.463 e. The van der Waals surface area contributed by atoms with Crippen LogP contribution < -0.4 is 0 Å². The second-order valence-electron chi connectivity index (χ2n) is 5.57. The minimum atomic E-state index is -0.0209. The van der Waals surface area contributed by atoms with Crippen molar-refractivity contribution in [3.05, 3.63) is 30.2 Å². The van der Waals surface area contributed by atoms with Gasteiger partial charge in [0.2, 0.25) is 0 Å². The monoisotopic (exact) mass is 288 g/mol. The fourth-order valence-electron chi connectivity index (χ4n) is 2.59. The number of nitrogens with zero attached hydrogens (tertiary/aromatic N) is 3. The zero-order valence-electron chi connectivity index (χ0n) is 12.4. The van der Waals surface area contributed by atoms with Gasteiger partial charge in [-0.15, -0.1) is 0 Å². The van der Waals surface area contributed by atoms with Gasteiger partial charge in [-0.1, -0.05) is 0 Å². The molecule has 112 valence electrons. The number of amides is 1. The van der Waals surface area contributed by atoms with E-state index < -0.39 is 0 Å². The molecular formula is C15H20N4O2. The van der Waals surface area contributed by atoms with Gasteiger partial charge in [-0.2, -0.15) is 5.10 Å². The third kappa shape index (κ3) is 2.85. The number of carbonyl (C=O) groups excluding carboxylic acids is 1. The molecule has 1 saturated heterocycles. The quantitative estimate of drug-likeness (QED) is 0.936. The second kappa shape index (κ2) is 5.73. The number of aromatic amines is 1. The fraction of sp³-hybridized carbons (Fsp3) is 0.467. The summed E-state index contributed by atoms with van der Waals surface area (Å²) in [6.07, 6.45) is 1.60. The fourth-order valence-corrected chi connectivity index (χ4v) is 2.59. The van der Waals surface area contributed by atoms with E-state index in [-0.39, 0.29) is 5.91 Å². The van der Waals surface area contributed by atoms with Crippen molar-refractivity contribution in [2.75, 3.05) is 26.2 Å². The zero-order chi connectivity index (χ0) is 14.8. The average molecular weight is 288 g/mol. The average Bonchev–Trinajstić information content (AvgIpc) is 3.17. The highest BCUT2D eigenvalue weighted by molar-refractivity contribution is 5.93. The van der Waals surface area contributed by atoms with Gasteiger partial charge in [-0.25, -0.2) is 0 Å². The molecule has 0 unspecified atom stereocenters. The number of carbonyl (C=O) groups is 1. The summed E-state index contributed by atoms with van der Waals surface area (Å²) in [5, 5.41) is 6.97. The molecule has 6 nitrogen and oxygen atoms in total. The Bertz CT molecular complexity index is 595. The van der Waals surface area contributed by atoms with Crippen molar-refractivity contribution in [3.63, 3.8) is 0 Å². The number of piperazine rings is 1. The summed E-state index contributed by atoms with van der Waals surface area (Å²) >= 11 is 0. The number of aromatic nitrogens is 2. The Morgan fingerprint density at radius 1 is 1.33 bits per heavy atom. The third-order valence-electron chi connectivity index (χ3n) is 3.92. The van der Waals surface area contributed by atoms with Crippen LogP contribution in [-0.2, 0) is 0 Å². The van der Waals surface area contributed by atoms with Crippen LogP contribution in [0.1, 0.15) is 24.3 Å². The first-order valence-electron chi connectivity index (χ1n) is 7.28. The lowest BCUT2D eigenvalue weighted by Crippen LogP contribution is -2.50. The SMILES string of the molecule is CC(C)N1CCN(C(=O)c2cc(-c3ccco3)[nH]n2)CC1. The van der Waals surface area contributed by atoms with Crippen molar-refractivity contribution in [3.8, 4) is 11.5 Å². The second-order valence-corrected chi connectivity index (χ2v) is 5.57. The minimum absolute atomic E-state index is 0.0209. The van der Waals surface area contributed by atoms with Crippen LogP contribution in [-0.4, -0.2) is 58.1 Å². The molecule has 0 bridgehead atoms. The van der Waals surface area contributed by atoms with E-state index in [2.05, 4.69) is 28.9 Å². The Kier molecular flexibility index (Phi) is 3.79. The van der Waals surface area contributed by atoms with E-state index in [1.54, 1.807) is 12.3 Å². The van der Waals surface area contributed by atoms with Gasteiger partial charge in [0.25, 0.3) is 5.91 Å². The summed E-state index contributed by atoms with van der Waals surface area (Å²) in [6, 6.07) is 5.92. The molecule has 0 saturated carbocycles. The lowest BCUT2D eigenvalue weighted by atomic mass is 10.2. The van der Waals surface area contributed by atoms with Gasteiger partial charge in [0.15, 0.2) is 11.5 Å². The lowest BCUT2D eigenvalue weighted by Gasteiger charge is -2.36. The lowest BCUT2D eigenvalue weighted by molar-refractivity contribution is 0.0590. The first-order valence-corrected chi connectivity index (χ1v) is 7.28. The van der Waals surface area contributed by atoms with Crippen LogP contribution in [0.4, 0.5) is 0 Å². The molecule has 21 heavy (non-hydrogen) atoms. The maximum absolute atomic E-state index is 12.5. The molecule has 1 amide bonds. The molecule has 3 heterocycles. The maximum Gasteiger partial charge on any atom is 0.274 e. The van der Waals surface area contributed by atoms with E-state index in [1.807, 2.05) is 17.0 Å². The highest BCUT2D eigenvalue weighted by atomic mass is 16.3. The van der Waals surface area contributed by atoms with Gasteiger partial charge in [-0.05, 0) is 26.0 Å². The molecule has 0 aliphatic carbocycles. The van der Waals surface area contributed by atoms with Gasteiger partial charge in [0, 0.05) is 38.3 Å². The van der Waals surface area contributed by atoms with E-state index in [9.17, 15) is 4.79 Å². The van der Waals surface area contributed by atoms with E-state index in [1.165, 1.54) is 0 Å². The summed E-state index contributed by atoms with van der Waals surface area (Å²) < 4.78 is 5.30. The summed E-state index contributed by atoms with van der Waals surface area (Å²) in [5.74, 6) is 0.665. The van der Waals surface area contributed by atoms with E-state index in [0.29, 0.717) is 17.5 Å². The van der Waals surface area contributed by atoms with Gasteiger partial charge in [0.05, 0.1) is 6.26 Å². The summed E-state index contributed by atoms with van der Waals surface area (Å²) in [6.45, 7) is 7.69. The number of rotatable bonds is 3. The third-order valence-corrected chi connectivity index (χ3v) is 3.92. The number of furan rings is 1. The molecule has 1 aliphatic rings. The van der Waals surface area contributed by atoms with Gasteiger partial charge in [-0.3, -0.25) is 14.8 Å². The number of H-pyrrole nitrogens is 1. The standard InChI is InChI=1S/C15H20N4O2/c1-11(2)18-5-7-19(8-6-18)15(20)13-10-12(16-17-13)14-4-3-9-21-14/h3-4,9-11H,5-8H2,1-2H3,(H,16,17). The van der Waals surface area contributed by atoms with E-state index in [4.69, 9.17) is 4.42 Å². The van der Waals surface area contributed by atoms with Crippen molar-refractivity contribution in [1.82, 2.24) is 20.0 Å². The topological polar surface area (TPSA) is 65.4 Å².